The van der Waals surface area contributed by atoms with Crippen LogP contribution in [0.2, 0.25) is 0 Å². The molecule has 30 heavy (non-hydrogen) atoms. The summed E-state index contributed by atoms with van der Waals surface area (Å²) in [5.41, 5.74) is 3.80. The van der Waals surface area contributed by atoms with Crippen molar-refractivity contribution in [1.82, 2.24) is 20.2 Å². The molecule has 0 radical (unpaired) electrons. The van der Waals surface area contributed by atoms with Crippen LogP contribution in [0.25, 0.3) is 22.2 Å². The Kier molecular flexibility index (Phi) is 6.96. The van der Waals surface area contributed by atoms with Crippen molar-refractivity contribution in [1.29, 1.82) is 0 Å². The maximum Gasteiger partial charge on any atom is 0.254 e. The number of carbonyl (C=O) groups excluding carboxylic acids is 1. The van der Waals surface area contributed by atoms with Gasteiger partial charge in [-0.15, -0.1) is 24.8 Å². The summed E-state index contributed by atoms with van der Waals surface area (Å²) >= 11 is 0. The van der Waals surface area contributed by atoms with Crippen molar-refractivity contribution in [3.05, 3.63) is 60.4 Å². The average Bonchev–Trinajstić information content (AvgIpc) is 3.21. The number of hydrogen-bond acceptors (Lipinski definition) is 4. The second-order valence-corrected chi connectivity index (χ2v) is 8.03. The molecule has 1 aromatic carbocycles. The van der Waals surface area contributed by atoms with Gasteiger partial charge in [0.25, 0.3) is 5.91 Å². The van der Waals surface area contributed by atoms with Gasteiger partial charge in [0.15, 0.2) is 0 Å². The fourth-order valence-corrected chi connectivity index (χ4v) is 4.60. The molecular formula is C23H26Cl2N4O. The van der Waals surface area contributed by atoms with Crippen LogP contribution in [-0.4, -0.2) is 47.0 Å². The summed E-state index contributed by atoms with van der Waals surface area (Å²) in [5.74, 6) is 0.120. The third-order valence-electron chi connectivity index (χ3n) is 6.37. The Morgan fingerprint density at radius 1 is 1.00 bits per heavy atom. The summed E-state index contributed by atoms with van der Waals surface area (Å²) < 4.78 is 0. The Bertz CT molecular complexity index is 1010. The smallest absolute Gasteiger partial charge is 0.254 e. The third kappa shape index (κ3) is 4.15. The lowest BCUT2D eigenvalue weighted by atomic mass is 9.77. The van der Waals surface area contributed by atoms with Crippen molar-refractivity contribution in [3.63, 3.8) is 0 Å². The summed E-state index contributed by atoms with van der Waals surface area (Å²) in [6.45, 7) is 3.88. The molecule has 4 heterocycles. The Balaban J connectivity index is 0.00000128. The zero-order valence-electron chi connectivity index (χ0n) is 16.7. The number of rotatable bonds is 2. The largest absolute Gasteiger partial charge is 0.339 e. The van der Waals surface area contributed by atoms with Crippen molar-refractivity contribution >= 4 is 41.6 Å². The van der Waals surface area contributed by atoms with E-state index in [0.717, 1.165) is 66.7 Å². The van der Waals surface area contributed by atoms with E-state index in [2.05, 4.69) is 10.3 Å². The molecule has 2 fully saturated rings. The molecule has 0 atom stereocenters. The van der Waals surface area contributed by atoms with E-state index in [4.69, 9.17) is 4.98 Å². The fourth-order valence-electron chi connectivity index (χ4n) is 4.60. The van der Waals surface area contributed by atoms with E-state index in [1.165, 1.54) is 6.42 Å². The lowest BCUT2D eigenvalue weighted by Gasteiger charge is -2.39. The number of piperidine rings is 1. The van der Waals surface area contributed by atoms with Crippen LogP contribution in [0.4, 0.5) is 0 Å². The number of hydrogen-bond donors (Lipinski definition) is 1. The highest BCUT2D eigenvalue weighted by Crippen LogP contribution is 2.37. The minimum Gasteiger partial charge on any atom is -0.339 e. The molecule has 7 heteroatoms. The molecule has 0 saturated carbocycles. The molecule has 0 unspecified atom stereocenters. The number of nitrogens with one attached hydrogen (secondary N) is 1. The maximum absolute atomic E-state index is 13.5. The van der Waals surface area contributed by atoms with E-state index in [1.807, 2.05) is 47.4 Å². The van der Waals surface area contributed by atoms with Gasteiger partial charge in [-0.1, -0.05) is 18.2 Å². The number of likely N-dealkylation sites (tertiary alicyclic amines) is 1. The van der Waals surface area contributed by atoms with Crippen molar-refractivity contribution in [2.45, 2.75) is 19.3 Å². The van der Waals surface area contributed by atoms with E-state index in [1.54, 1.807) is 12.4 Å². The van der Waals surface area contributed by atoms with Crippen LogP contribution in [0.5, 0.6) is 0 Å². The minimum atomic E-state index is 0. The molecule has 158 valence electrons. The Morgan fingerprint density at radius 3 is 2.43 bits per heavy atom. The fraction of sp³-hybridized carbons (Fsp3) is 0.348. The van der Waals surface area contributed by atoms with Gasteiger partial charge < -0.3 is 10.2 Å². The van der Waals surface area contributed by atoms with E-state index in [-0.39, 0.29) is 30.7 Å². The molecule has 1 amide bonds. The first-order valence-electron chi connectivity index (χ1n) is 10.0. The lowest BCUT2D eigenvalue weighted by molar-refractivity contribution is 0.0609. The quantitative estimate of drug-likeness (QED) is 0.637. The molecular weight excluding hydrogens is 419 g/mol. The molecule has 2 aliphatic heterocycles. The van der Waals surface area contributed by atoms with Crippen LogP contribution in [0, 0.1) is 5.41 Å². The second kappa shape index (κ2) is 9.29. The van der Waals surface area contributed by atoms with Gasteiger partial charge in [-0.2, -0.15) is 0 Å². The van der Waals surface area contributed by atoms with E-state index < -0.39 is 0 Å². The molecule has 0 aliphatic carbocycles. The monoisotopic (exact) mass is 444 g/mol. The van der Waals surface area contributed by atoms with Crippen LogP contribution in [0.3, 0.4) is 0 Å². The minimum absolute atomic E-state index is 0. The third-order valence-corrected chi connectivity index (χ3v) is 6.37. The molecule has 2 aliphatic rings. The highest BCUT2D eigenvalue weighted by molar-refractivity contribution is 6.07. The zero-order valence-corrected chi connectivity index (χ0v) is 18.3. The summed E-state index contributed by atoms with van der Waals surface area (Å²) in [5, 5.41) is 4.42. The number of halogens is 2. The summed E-state index contributed by atoms with van der Waals surface area (Å²) in [4.78, 5) is 24.4. The topological polar surface area (TPSA) is 58.1 Å². The second-order valence-electron chi connectivity index (χ2n) is 8.03. The number of amides is 1. The predicted molar refractivity (Wildman–Crippen MR) is 125 cm³/mol. The number of nitrogens with zero attached hydrogens (tertiary/aromatic N) is 3. The standard InChI is InChI=1S/C23H24N4O.2ClH/c28-22(27-13-8-23(9-14-27)7-12-25-16-23)19-15-21(17-5-10-24-11-6-17)26-20-4-2-1-3-18(19)20;;/h1-6,10-11,15,25H,7-9,12-14,16H2;2*1H. The number of benzene rings is 1. The first-order valence-corrected chi connectivity index (χ1v) is 10.0. The zero-order chi connectivity index (χ0) is 19.0. The van der Waals surface area contributed by atoms with Gasteiger partial charge >= 0.3 is 0 Å². The Morgan fingerprint density at radius 2 is 1.73 bits per heavy atom. The first kappa shape index (κ1) is 22.5. The highest BCUT2D eigenvalue weighted by atomic mass is 35.5. The van der Waals surface area contributed by atoms with Crippen LogP contribution in [-0.2, 0) is 0 Å². The van der Waals surface area contributed by atoms with Crippen molar-refractivity contribution in [2.75, 3.05) is 26.2 Å². The van der Waals surface area contributed by atoms with Gasteiger partial charge in [0.2, 0.25) is 0 Å². The van der Waals surface area contributed by atoms with Crippen LogP contribution >= 0.6 is 24.8 Å². The Hall–Kier alpha value is -2.21. The predicted octanol–water partition coefficient (Wildman–Crippen LogP) is 4.36. The molecule has 5 nitrogen and oxygen atoms in total. The average molecular weight is 445 g/mol. The molecule has 1 spiro atoms. The van der Waals surface area contributed by atoms with Gasteiger partial charge in [0, 0.05) is 43.0 Å². The normalized spacial score (nSPS) is 17.4. The Labute approximate surface area is 189 Å². The first-order chi connectivity index (χ1) is 13.7. The van der Waals surface area contributed by atoms with Crippen molar-refractivity contribution in [3.8, 4) is 11.3 Å². The van der Waals surface area contributed by atoms with Gasteiger partial charge in [0.1, 0.15) is 0 Å². The van der Waals surface area contributed by atoms with Crippen molar-refractivity contribution < 1.29 is 4.79 Å². The van der Waals surface area contributed by atoms with E-state index >= 15 is 0 Å². The van der Waals surface area contributed by atoms with Gasteiger partial charge in [0.05, 0.1) is 16.8 Å². The van der Waals surface area contributed by atoms with Crippen LogP contribution in [0.1, 0.15) is 29.6 Å². The number of para-hydroxylation sites is 1. The SMILES string of the molecule is Cl.Cl.O=C(c1cc(-c2ccncc2)nc2ccccc12)N1CCC2(CCNC2)CC1. The number of pyridine rings is 2. The number of aromatic nitrogens is 2. The molecule has 2 saturated heterocycles. The number of fused-ring (bicyclic) bond motifs is 1. The van der Waals surface area contributed by atoms with Crippen molar-refractivity contribution in [2.24, 2.45) is 5.41 Å². The number of carbonyl (C=O) groups is 1. The summed E-state index contributed by atoms with van der Waals surface area (Å²) in [6, 6.07) is 13.7. The molecule has 1 N–H and O–H groups in total. The summed E-state index contributed by atoms with van der Waals surface area (Å²) in [6.07, 6.45) is 6.93. The van der Waals surface area contributed by atoms with Gasteiger partial charge in [-0.25, -0.2) is 4.98 Å². The highest BCUT2D eigenvalue weighted by Gasteiger charge is 2.38. The molecule has 3 aromatic rings. The molecule has 0 bridgehead atoms. The van der Waals surface area contributed by atoms with Gasteiger partial charge in [-0.3, -0.25) is 9.78 Å². The maximum atomic E-state index is 13.5. The van der Waals surface area contributed by atoms with E-state index in [9.17, 15) is 4.79 Å². The summed E-state index contributed by atoms with van der Waals surface area (Å²) in [7, 11) is 0. The van der Waals surface area contributed by atoms with Crippen LogP contribution in [0.15, 0.2) is 54.9 Å². The molecule has 5 rings (SSSR count). The molecule has 2 aromatic heterocycles. The van der Waals surface area contributed by atoms with Gasteiger partial charge in [-0.05, 0) is 55.5 Å². The lowest BCUT2D eigenvalue weighted by Crippen LogP contribution is -2.44. The van der Waals surface area contributed by atoms with E-state index in [0.29, 0.717) is 5.41 Å². The van der Waals surface area contributed by atoms with Crippen LogP contribution < -0.4 is 5.32 Å².